The van der Waals surface area contributed by atoms with Crippen LogP contribution in [0.25, 0.3) is 0 Å². The van der Waals surface area contributed by atoms with Gasteiger partial charge in [-0.2, -0.15) is 0 Å². The maximum Gasteiger partial charge on any atom is 0.255 e. The molecule has 1 amide bonds. The van der Waals surface area contributed by atoms with Gasteiger partial charge in [-0.25, -0.2) is 0 Å². The largest absolute Gasteiger partial charge is 0.496 e. The number of hydrogen-bond donors (Lipinski definition) is 1. The van der Waals surface area contributed by atoms with Crippen LogP contribution in [0.15, 0.2) is 34.9 Å². The number of ether oxygens (including phenoxy) is 2. The van der Waals surface area contributed by atoms with Gasteiger partial charge in [0.25, 0.3) is 5.91 Å². The Labute approximate surface area is 117 Å². The van der Waals surface area contributed by atoms with Crippen molar-refractivity contribution in [3.8, 4) is 11.5 Å². The Hall–Kier alpha value is -2.43. The topological polar surface area (TPSA) is 60.7 Å². The number of nitrogens with one attached hydrogen (secondary N) is 1. The molecule has 0 bridgehead atoms. The Bertz CT molecular complexity index is 590. The number of carbonyl (C=O) groups is 1. The summed E-state index contributed by atoms with van der Waals surface area (Å²) in [5, 5.41) is 2.78. The molecule has 0 aliphatic carbocycles. The van der Waals surface area contributed by atoms with E-state index in [4.69, 9.17) is 13.9 Å². The van der Waals surface area contributed by atoms with Crippen LogP contribution < -0.4 is 14.8 Å². The van der Waals surface area contributed by atoms with Gasteiger partial charge in [0.2, 0.25) is 0 Å². The lowest BCUT2D eigenvalue weighted by Crippen LogP contribution is -2.23. The number of hydrogen-bond acceptors (Lipinski definition) is 4. The molecule has 0 spiro atoms. The lowest BCUT2D eigenvalue weighted by atomic mass is 10.1. The quantitative estimate of drug-likeness (QED) is 0.911. The van der Waals surface area contributed by atoms with Crippen LogP contribution >= 0.6 is 0 Å². The molecule has 0 aliphatic heterocycles. The molecule has 1 heterocycles. The summed E-state index contributed by atoms with van der Waals surface area (Å²) in [6.07, 6.45) is 1.57. The molecule has 106 valence electrons. The second-order valence-corrected chi connectivity index (χ2v) is 4.28. The summed E-state index contributed by atoms with van der Waals surface area (Å²) in [5.74, 6) is 1.61. The first kappa shape index (κ1) is 14.0. The molecule has 0 unspecified atom stereocenters. The van der Waals surface area contributed by atoms with Gasteiger partial charge in [0.1, 0.15) is 17.3 Å². The summed E-state index contributed by atoms with van der Waals surface area (Å²) in [4.78, 5) is 12.2. The fourth-order valence-corrected chi connectivity index (χ4v) is 1.90. The third kappa shape index (κ3) is 2.93. The van der Waals surface area contributed by atoms with Crippen LogP contribution in [0.1, 0.15) is 21.7 Å². The Morgan fingerprint density at radius 3 is 2.60 bits per heavy atom. The van der Waals surface area contributed by atoms with E-state index in [1.54, 1.807) is 37.6 Å². The van der Waals surface area contributed by atoms with Crippen molar-refractivity contribution in [2.45, 2.75) is 13.5 Å². The van der Waals surface area contributed by atoms with Crippen molar-refractivity contribution in [3.63, 3.8) is 0 Å². The van der Waals surface area contributed by atoms with Crippen molar-refractivity contribution in [1.82, 2.24) is 5.32 Å². The number of rotatable bonds is 5. The fourth-order valence-electron chi connectivity index (χ4n) is 1.90. The fraction of sp³-hybridized carbons (Fsp3) is 0.267. The summed E-state index contributed by atoms with van der Waals surface area (Å²) < 4.78 is 15.6. The molecule has 2 aromatic rings. The summed E-state index contributed by atoms with van der Waals surface area (Å²) in [6.45, 7) is 2.22. The van der Waals surface area contributed by atoms with Crippen molar-refractivity contribution < 1.29 is 18.7 Å². The van der Waals surface area contributed by atoms with E-state index in [0.29, 0.717) is 29.4 Å². The van der Waals surface area contributed by atoms with Crippen LogP contribution in [0.5, 0.6) is 11.5 Å². The first-order chi connectivity index (χ1) is 9.65. The number of amides is 1. The average molecular weight is 275 g/mol. The number of benzene rings is 1. The molecule has 1 aromatic heterocycles. The zero-order valence-corrected chi connectivity index (χ0v) is 11.7. The minimum Gasteiger partial charge on any atom is -0.496 e. The molecule has 1 aromatic carbocycles. The van der Waals surface area contributed by atoms with E-state index in [-0.39, 0.29) is 5.91 Å². The van der Waals surface area contributed by atoms with Gasteiger partial charge in [-0.3, -0.25) is 4.79 Å². The molecule has 2 rings (SSSR count). The smallest absolute Gasteiger partial charge is 0.255 e. The zero-order chi connectivity index (χ0) is 14.5. The summed E-state index contributed by atoms with van der Waals surface area (Å²) in [6, 6.07) is 7.02. The van der Waals surface area contributed by atoms with Crippen molar-refractivity contribution in [3.05, 3.63) is 47.4 Å². The molecule has 20 heavy (non-hydrogen) atoms. The van der Waals surface area contributed by atoms with Crippen molar-refractivity contribution >= 4 is 5.91 Å². The van der Waals surface area contributed by atoms with Crippen LogP contribution in [-0.2, 0) is 6.54 Å². The van der Waals surface area contributed by atoms with Crippen LogP contribution in [0, 0.1) is 6.92 Å². The standard InChI is InChI=1S/C15H17NO4/c1-10-7-14(19-3)12(8-13(10)18-2)15(17)16-9-11-5-4-6-20-11/h4-8H,9H2,1-3H3,(H,16,17). The van der Waals surface area contributed by atoms with E-state index in [2.05, 4.69) is 5.32 Å². The Morgan fingerprint density at radius 2 is 2.00 bits per heavy atom. The Morgan fingerprint density at radius 1 is 1.25 bits per heavy atom. The molecular formula is C15H17NO4. The van der Waals surface area contributed by atoms with Crippen molar-refractivity contribution in [2.24, 2.45) is 0 Å². The average Bonchev–Trinajstić information content (AvgIpc) is 2.97. The second kappa shape index (κ2) is 6.14. The SMILES string of the molecule is COc1cc(C(=O)NCc2ccco2)c(OC)cc1C. The highest BCUT2D eigenvalue weighted by Crippen LogP contribution is 2.28. The number of methoxy groups -OCH3 is 2. The second-order valence-electron chi connectivity index (χ2n) is 4.28. The minimum absolute atomic E-state index is 0.239. The molecule has 0 saturated heterocycles. The summed E-state index contributed by atoms with van der Waals surface area (Å²) in [7, 11) is 3.10. The molecule has 0 saturated carbocycles. The van der Waals surface area contributed by atoms with Crippen LogP contribution in [-0.4, -0.2) is 20.1 Å². The van der Waals surface area contributed by atoms with E-state index in [9.17, 15) is 4.79 Å². The van der Waals surface area contributed by atoms with Gasteiger partial charge >= 0.3 is 0 Å². The van der Waals surface area contributed by atoms with Gasteiger partial charge in [0.15, 0.2) is 0 Å². The molecule has 5 heteroatoms. The predicted octanol–water partition coefficient (Wildman–Crippen LogP) is 2.54. The van der Waals surface area contributed by atoms with Crippen LogP contribution in [0.2, 0.25) is 0 Å². The van der Waals surface area contributed by atoms with Crippen molar-refractivity contribution in [2.75, 3.05) is 14.2 Å². The van der Waals surface area contributed by atoms with E-state index in [1.807, 2.05) is 6.92 Å². The zero-order valence-electron chi connectivity index (χ0n) is 11.7. The molecule has 0 atom stereocenters. The van der Waals surface area contributed by atoms with E-state index in [1.165, 1.54) is 7.11 Å². The van der Waals surface area contributed by atoms with Gasteiger partial charge in [0.05, 0.1) is 32.6 Å². The monoisotopic (exact) mass is 275 g/mol. The Kier molecular flexibility index (Phi) is 4.30. The highest BCUT2D eigenvalue weighted by Gasteiger charge is 2.15. The lowest BCUT2D eigenvalue weighted by Gasteiger charge is -2.12. The lowest BCUT2D eigenvalue weighted by molar-refractivity contribution is 0.0944. The highest BCUT2D eigenvalue weighted by atomic mass is 16.5. The first-order valence-corrected chi connectivity index (χ1v) is 6.19. The number of aryl methyl sites for hydroxylation is 1. The predicted molar refractivity (Wildman–Crippen MR) is 74.2 cm³/mol. The molecule has 0 fully saturated rings. The molecular weight excluding hydrogens is 258 g/mol. The maximum absolute atomic E-state index is 12.2. The summed E-state index contributed by atoms with van der Waals surface area (Å²) in [5.41, 5.74) is 1.34. The first-order valence-electron chi connectivity index (χ1n) is 6.19. The number of carbonyl (C=O) groups excluding carboxylic acids is 1. The van der Waals surface area contributed by atoms with Gasteiger partial charge in [-0.1, -0.05) is 0 Å². The van der Waals surface area contributed by atoms with Gasteiger partial charge in [-0.05, 0) is 36.8 Å². The van der Waals surface area contributed by atoms with Gasteiger partial charge < -0.3 is 19.2 Å². The third-order valence-corrected chi connectivity index (χ3v) is 2.96. The maximum atomic E-state index is 12.2. The highest BCUT2D eigenvalue weighted by molar-refractivity contribution is 5.97. The van der Waals surface area contributed by atoms with E-state index in [0.717, 1.165) is 5.56 Å². The molecule has 0 aliphatic rings. The number of furan rings is 1. The van der Waals surface area contributed by atoms with Crippen LogP contribution in [0.4, 0.5) is 0 Å². The van der Waals surface area contributed by atoms with Crippen LogP contribution in [0.3, 0.4) is 0 Å². The molecule has 5 nitrogen and oxygen atoms in total. The molecule has 1 N–H and O–H groups in total. The van der Waals surface area contributed by atoms with Gasteiger partial charge in [0, 0.05) is 0 Å². The normalized spacial score (nSPS) is 10.2. The minimum atomic E-state index is -0.239. The third-order valence-electron chi connectivity index (χ3n) is 2.96. The van der Waals surface area contributed by atoms with Crippen molar-refractivity contribution in [1.29, 1.82) is 0 Å². The van der Waals surface area contributed by atoms with Gasteiger partial charge in [-0.15, -0.1) is 0 Å². The molecule has 0 radical (unpaired) electrons. The van der Waals surface area contributed by atoms with E-state index < -0.39 is 0 Å². The summed E-state index contributed by atoms with van der Waals surface area (Å²) >= 11 is 0. The Balaban J connectivity index is 2.19. The van der Waals surface area contributed by atoms with E-state index >= 15 is 0 Å².